The van der Waals surface area contributed by atoms with E-state index in [2.05, 4.69) is 21.5 Å². The van der Waals surface area contributed by atoms with Crippen molar-refractivity contribution in [3.8, 4) is 11.3 Å². The minimum absolute atomic E-state index is 0.248. The molecule has 3 rings (SSSR count). The number of aryl methyl sites for hydroxylation is 1. The summed E-state index contributed by atoms with van der Waals surface area (Å²) >= 11 is 5.88. The summed E-state index contributed by atoms with van der Waals surface area (Å²) in [5.74, 6) is 0. The smallest absolute Gasteiger partial charge is 0.222 e. The first-order chi connectivity index (χ1) is 9.08. The summed E-state index contributed by atoms with van der Waals surface area (Å²) in [7, 11) is 2.03. The number of anilines is 1. The van der Waals surface area contributed by atoms with E-state index in [0.29, 0.717) is 0 Å². The lowest BCUT2D eigenvalue weighted by atomic mass is 10.1. The van der Waals surface area contributed by atoms with E-state index in [1.54, 1.807) is 6.20 Å². The summed E-state index contributed by atoms with van der Waals surface area (Å²) in [6.07, 6.45) is 1.66. The molecule has 0 radical (unpaired) electrons. The molecule has 0 aliphatic rings. The van der Waals surface area contributed by atoms with Crippen molar-refractivity contribution in [2.75, 3.05) is 5.73 Å². The third-order valence-corrected chi connectivity index (χ3v) is 3.58. The lowest BCUT2D eigenvalue weighted by Crippen LogP contribution is -1.92. The highest BCUT2D eigenvalue weighted by molar-refractivity contribution is 6.28. The number of hydrogen-bond donors (Lipinski definition) is 1. The Morgan fingerprint density at radius 3 is 2.79 bits per heavy atom. The van der Waals surface area contributed by atoms with Crippen LogP contribution in [0.4, 0.5) is 5.69 Å². The van der Waals surface area contributed by atoms with Crippen LogP contribution in [0.3, 0.4) is 0 Å². The highest BCUT2D eigenvalue weighted by Crippen LogP contribution is 2.34. The van der Waals surface area contributed by atoms with Gasteiger partial charge in [-0.05, 0) is 42.8 Å². The lowest BCUT2D eigenvalue weighted by molar-refractivity contribution is 0.918. The summed E-state index contributed by atoms with van der Waals surface area (Å²) in [4.78, 5) is 8.22. The molecule has 0 bridgehead atoms. The minimum Gasteiger partial charge on any atom is -0.399 e. The topological polar surface area (TPSA) is 56.7 Å². The molecule has 0 spiro atoms. The van der Waals surface area contributed by atoms with Gasteiger partial charge in [0.2, 0.25) is 5.28 Å². The van der Waals surface area contributed by atoms with E-state index in [0.717, 1.165) is 33.5 Å². The zero-order valence-electron chi connectivity index (χ0n) is 10.7. The average Bonchev–Trinajstić information content (AvgIpc) is 2.61. The molecule has 4 nitrogen and oxygen atoms in total. The second kappa shape index (κ2) is 4.24. The van der Waals surface area contributed by atoms with Gasteiger partial charge in [-0.2, -0.15) is 0 Å². The second-order valence-corrected chi connectivity index (χ2v) is 4.84. The standard InChI is InChI=1S/C14H13ClN4/c1-8-13(11-5-6-17-14(15)18-11)10-7-9(16)3-4-12(10)19(8)2/h3-7H,16H2,1-2H3. The van der Waals surface area contributed by atoms with Crippen molar-refractivity contribution in [3.05, 3.63) is 41.4 Å². The maximum atomic E-state index is 5.89. The van der Waals surface area contributed by atoms with Gasteiger partial charge in [0.1, 0.15) is 0 Å². The highest BCUT2D eigenvalue weighted by Gasteiger charge is 2.15. The number of aromatic nitrogens is 3. The number of fused-ring (bicyclic) bond motifs is 1. The maximum Gasteiger partial charge on any atom is 0.222 e. The molecule has 19 heavy (non-hydrogen) atoms. The van der Waals surface area contributed by atoms with Crippen LogP contribution in [-0.4, -0.2) is 14.5 Å². The number of hydrogen-bond acceptors (Lipinski definition) is 3. The molecule has 2 aromatic heterocycles. The van der Waals surface area contributed by atoms with Gasteiger partial charge < -0.3 is 10.3 Å². The zero-order chi connectivity index (χ0) is 13.6. The first kappa shape index (κ1) is 12.0. The molecule has 5 heteroatoms. The van der Waals surface area contributed by atoms with Crippen molar-refractivity contribution in [2.24, 2.45) is 7.05 Å². The number of nitrogen functional groups attached to an aromatic ring is 1. The minimum atomic E-state index is 0.248. The molecule has 0 amide bonds. The molecule has 0 saturated carbocycles. The summed E-state index contributed by atoms with van der Waals surface area (Å²) in [6, 6.07) is 7.74. The van der Waals surface area contributed by atoms with Crippen molar-refractivity contribution in [1.29, 1.82) is 0 Å². The Labute approximate surface area is 115 Å². The molecular formula is C14H13ClN4. The van der Waals surface area contributed by atoms with Crippen LogP contribution in [0.15, 0.2) is 30.5 Å². The van der Waals surface area contributed by atoms with E-state index in [4.69, 9.17) is 17.3 Å². The van der Waals surface area contributed by atoms with Crippen LogP contribution in [0.1, 0.15) is 5.69 Å². The van der Waals surface area contributed by atoms with Crippen LogP contribution in [0.5, 0.6) is 0 Å². The number of benzene rings is 1. The average molecular weight is 273 g/mol. The van der Waals surface area contributed by atoms with Crippen molar-refractivity contribution in [2.45, 2.75) is 6.92 Å². The first-order valence-electron chi connectivity index (χ1n) is 5.91. The molecule has 0 unspecified atom stereocenters. The van der Waals surface area contributed by atoms with Crippen molar-refractivity contribution < 1.29 is 0 Å². The van der Waals surface area contributed by atoms with E-state index in [-0.39, 0.29) is 5.28 Å². The van der Waals surface area contributed by atoms with Crippen LogP contribution < -0.4 is 5.73 Å². The summed E-state index contributed by atoms with van der Waals surface area (Å²) in [5, 5.41) is 1.33. The molecule has 0 fully saturated rings. The number of nitrogens with zero attached hydrogens (tertiary/aromatic N) is 3. The summed E-state index contributed by atoms with van der Waals surface area (Å²) in [5.41, 5.74) is 10.7. The van der Waals surface area contributed by atoms with E-state index < -0.39 is 0 Å². The second-order valence-electron chi connectivity index (χ2n) is 4.51. The van der Waals surface area contributed by atoms with Crippen LogP contribution in [0, 0.1) is 6.92 Å². The predicted molar refractivity (Wildman–Crippen MR) is 78.1 cm³/mol. The van der Waals surface area contributed by atoms with E-state index >= 15 is 0 Å². The third-order valence-electron chi connectivity index (χ3n) is 3.40. The van der Waals surface area contributed by atoms with Gasteiger partial charge in [0.25, 0.3) is 0 Å². The number of nitrogens with two attached hydrogens (primary N) is 1. The van der Waals surface area contributed by atoms with Gasteiger partial charge in [-0.15, -0.1) is 0 Å². The fraction of sp³-hybridized carbons (Fsp3) is 0.143. The Balaban J connectivity index is 2.40. The molecule has 2 N–H and O–H groups in total. The van der Waals surface area contributed by atoms with Crippen LogP contribution in [0.25, 0.3) is 22.2 Å². The Morgan fingerprint density at radius 2 is 2.05 bits per heavy atom. The van der Waals surface area contributed by atoms with Gasteiger partial charge in [-0.3, -0.25) is 0 Å². The molecule has 0 aliphatic heterocycles. The molecular weight excluding hydrogens is 260 g/mol. The van der Waals surface area contributed by atoms with Crippen LogP contribution in [-0.2, 0) is 7.05 Å². The molecule has 0 aliphatic carbocycles. The van der Waals surface area contributed by atoms with Gasteiger partial charge in [0.05, 0.1) is 5.69 Å². The monoisotopic (exact) mass is 272 g/mol. The fourth-order valence-corrected chi connectivity index (χ4v) is 2.53. The van der Waals surface area contributed by atoms with Crippen LogP contribution in [0.2, 0.25) is 5.28 Å². The summed E-state index contributed by atoms with van der Waals surface area (Å²) < 4.78 is 2.13. The molecule has 0 saturated heterocycles. The van der Waals surface area contributed by atoms with E-state index in [1.807, 2.05) is 31.3 Å². The molecule has 2 heterocycles. The van der Waals surface area contributed by atoms with Crippen molar-refractivity contribution in [1.82, 2.24) is 14.5 Å². The first-order valence-corrected chi connectivity index (χ1v) is 6.29. The van der Waals surface area contributed by atoms with Crippen molar-refractivity contribution >= 4 is 28.2 Å². The Bertz CT molecular complexity index is 776. The largest absolute Gasteiger partial charge is 0.399 e. The molecule has 3 aromatic rings. The SMILES string of the molecule is Cc1c(-c2ccnc(Cl)n2)c2cc(N)ccc2n1C. The normalized spacial score (nSPS) is 11.1. The van der Waals surface area contributed by atoms with Gasteiger partial charge in [-0.25, -0.2) is 9.97 Å². The zero-order valence-corrected chi connectivity index (χ0v) is 11.4. The Morgan fingerprint density at radius 1 is 1.26 bits per heavy atom. The Hall–Kier alpha value is -2.07. The molecule has 1 aromatic carbocycles. The van der Waals surface area contributed by atoms with Gasteiger partial charge >= 0.3 is 0 Å². The van der Waals surface area contributed by atoms with Crippen LogP contribution >= 0.6 is 11.6 Å². The lowest BCUT2D eigenvalue weighted by Gasteiger charge is -2.02. The van der Waals surface area contributed by atoms with Gasteiger partial charge in [0, 0.05) is 41.1 Å². The third kappa shape index (κ3) is 1.85. The van der Waals surface area contributed by atoms with E-state index in [1.165, 1.54) is 0 Å². The summed E-state index contributed by atoms with van der Waals surface area (Å²) in [6.45, 7) is 2.06. The fourth-order valence-electron chi connectivity index (χ4n) is 2.39. The molecule has 0 atom stereocenters. The quantitative estimate of drug-likeness (QED) is 0.547. The number of halogens is 1. The maximum absolute atomic E-state index is 5.89. The number of rotatable bonds is 1. The highest BCUT2D eigenvalue weighted by atomic mass is 35.5. The predicted octanol–water partition coefficient (Wildman–Crippen LogP) is 3.18. The van der Waals surface area contributed by atoms with E-state index in [9.17, 15) is 0 Å². The Kier molecular flexibility index (Phi) is 2.68. The van der Waals surface area contributed by atoms with Gasteiger partial charge in [-0.1, -0.05) is 0 Å². The van der Waals surface area contributed by atoms with Crippen molar-refractivity contribution in [3.63, 3.8) is 0 Å². The molecule has 96 valence electrons. The van der Waals surface area contributed by atoms with Gasteiger partial charge in [0.15, 0.2) is 0 Å².